The van der Waals surface area contributed by atoms with Gasteiger partial charge in [0.05, 0.1) is 35.8 Å². The molecule has 7 aromatic rings. The molecule has 4 aromatic carbocycles. The number of para-hydroxylation sites is 4. The highest BCUT2D eigenvalue weighted by atomic mass is 16.5. The predicted octanol–water partition coefficient (Wildman–Crippen LogP) is 11.5. The zero-order chi connectivity index (χ0) is 48.9. The molecule has 0 fully saturated rings. The topological polar surface area (TPSA) is 200 Å². The minimum Gasteiger partial charge on any atom is -0.466 e. The van der Waals surface area contributed by atoms with Gasteiger partial charge >= 0.3 is 5.97 Å². The van der Waals surface area contributed by atoms with E-state index in [2.05, 4.69) is 31.2 Å². The van der Waals surface area contributed by atoms with Gasteiger partial charge in [0.1, 0.15) is 0 Å². The summed E-state index contributed by atoms with van der Waals surface area (Å²) in [6.45, 7) is 6.32. The first-order valence-electron chi connectivity index (χ1n) is 22.8. The smallest absolute Gasteiger partial charge is 0.306 e. The molecule has 2 aliphatic rings. The summed E-state index contributed by atoms with van der Waals surface area (Å²) in [5.41, 5.74) is 12.6. The number of amides is 4. The summed E-state index contributed by atoms with van der Waals surface area (Å²) in [4.78, 5) is 82.0. The molecule has 0 atom stereocenters. The lowest BCUT2D eigenvalue weighted by Gasteiger charge is -2.13. The number of benzene rings is 4. The summed E-state index contributed by atoms with van der Waals surface area (Å²) in [6, 6.07) is 37.7. The number of aromatic amines is 2. The van der Waals surface area contributed by atoms with Crippen LogP contribution in [0.4, 0.5) is 22.7 Å². The van der Waals surface area contributed by atoms with E-state index in [1.165, 1.54) is 20.8 Å². The van der Waals surface area contributed by atoms with Crippen LogP contribution in [0, 0.1) is 0 Å². The number of H-pyrrole nitrogens is 2. The fourth-order valence-corrected chi connectivity index (χ4v) is 8.81. The zero-order valence-electron chi connectivity index (χ0n) is 38.8. The van der Waals surface area contributed by atoms with Crippen LogP contribution in [-0.2, 0) is 28.7 Å². The van der Waals surface area contributed by atoms with Crippen molar-refractivity contribution in [3.63, 3.8) is 0 Å². The molecule has 14 heteroatoms. The standard InChI is InChI=1S/C56H48N8O6/c1-5-70-52(69)31-30-51(68)64-42-21-13-9-17-38(42)56-49-28-26-47(62-49)54(36-15-7-11-19-40(36)58-33(3)66)45-24-22-43(60-45)53(35-14-6-10-18-39(35)57-32(2)65)44-23-25-46(61-44)55(48-27-29-50(56)63-48)37-16-8-12-20-41(37)59-34(4)67/h6-29,60,63H,5,30-31H2,1-4H3,(H,57,65)(H,58,66)(H,59,67)(H,64,68). The molecule has 14 nitrogen and oxygen atoms in total. The molecule has 8 bridgehead atoms. The van der Waals surface area contributed by atoms with E-state index in [1.54, 1.807) is 13.0 Å². The van der Waals surface area contributed by atoms with Crippen molar-refractivity contribution in [3.8, 4) is 44.5 Å². The number of rotatable bonds is 12. The van der Waals surface area contributed by atoms with Gasteiger partial charge in [-0.25, -0.2) is 9.97 Å². The lowest BCUT2D eigenvalue weighted by Crippen LogP contribution is -2.15. The Hall–Kier alpha value is -9.17. The summed E-state index contributed by atoms with van der Waals surface area (Å²) in [7, 11) is 0. The van der Waals surface area contributed by atoms with Crippen LogP contribution in [0.25, 0.3) is 90.9 Å². The number of esters is 1. The van der Waals surface area contributed by atoms with E-state index >= 15 is 0 Å². The Morgan fingerprint density at radius 3 is 1.03 bits per heavy atom. The Morgan fingerprint density at radius 1 is 0.429 bits per heavy atom. The second-order valence-corrected chi connectivity index (χ2v) is 16.6. The van der Waals surface area contributed by atoms with Gasteiger partial charge in [0.15, 0.2) is 0 Å². The van der Waals surface area contributed by atoms with Gasteiger partial charge in [-0.15, -0.1) is 0 Å². The van der Waals surface area contributed by atoms with E-state index in [0.717, 1.165) is 0 Å². The highest BCUT2D eigenvalue weighted by Crippen LogP contribution is 2.43. The second kappa shape index (κ2) is 20.0. The van der Waals surface area contributed by atoms with E-state index in [9.17, 15) is 24.0 Å². The normalized spacial score (nSPS) is 11.5. The predicted molar refractivity (Wildman–Crippen MR) is 278 cm³/mol. The number of carbonyl (C=O) groups is 5. The third kappa shape index (κ3) is 9.64. The van der Waals surface area contributed by atoms with Crippen LogP contribution < -0.4 is 21.3 Å². The van der Waals surface area contributed by atoms with Crippen molar-refractivity contribution in [2.45, 2.75) is 40.5 Å². The van der Waals surface area contributed by atoms with Gasteiger partial charge in [0.25, 0.3) is 0 Å². The van der Waals surface area contributed by atoms with Crippen LogP contribution in [0.3, 0.4) is 0 Å². The van der Waals surface area contributed by atoms with E-state index in [4.69, 9.17) is 14.7 Å². The molecule has 4 amide bonds. The van der Waals surface area contributed by atoms with Crippen LogP contribution in [-0.4, -0.2) is 56.1 Å². The Balaban J connectivity index is 1.43. The summed E-state index contributed by atoms with van der Waals surface area (Å²) < 4.78 is 5.08. The molecule has 0 saturated heterocycles. The van der Waals surface area contributed by atoms with Crippen molar-refractivity contribution in [2.24, 2.45) is 0 Å². The molecule has 0 unspecified atom stereocenters. The molecule has 0 saturated carbocycles. The maximum atomic E-state index is 13.5. The summed E-state index contributed by atoms with van der Waals surface area (Å²) in [5.74, 6) is -1.57. The first-order chi connectivity index (χ1) is 33.9. The fraction of sp³-hybridized carbons (Fsp3) is 0.125. The molecule has 70 heavy (non-hydrogen) atoms. The van der Waals surface area contributed by atoms with E-state index < -0.39 is 5.97 Å². The van der Waals surface area contributed by atoms with Crippen molar-refractivity contribution in [2.75, 3.05) is 27.9 Å². The van der Waals surface area contributed by atoms with Gasteiger partial charge in [-0.2, -0.15) is 0 Å². The SMILES string of the molecule is CCOC(=O)CCC(=O)Nc1ccccc1-c1c2nc(c(-c3ccccc3NC(C)=O)c3ccc([nH]3)c(-c3ccccc3NC(C)=O)c3nc(c(-c4ccccc4NC(C)=O)c4ccc1[nH]4)C=C3)C=C2. The molecule has 9 rings (SSSR count). The molecule has 0 radical (unpaired) electrons. The van der Waals surface area contributed by atoms with Crippen molar-refractivity contribution >= 4 is 98.7 Å². The number of anilines is 4. The van der Waals surface area contributed by atoms with Crippen LogP contribution in [0.5, 0.6) is 0 Å². The largest absolute Gasteiger partial charge is 0.466 e. The average Bonchev–Trinajstić information content (AvgIpc) is 4.19. The van der Waals surface area contributed by atoms with E-state index in [1.807, 2.05) is 140 Å². The van der Waals surface area contributed by atoms with Gasteiger partial charge in [-0.05, 0) is 79.8 Å². The highest BCUT2D eigenvalue weighted by Gasteiger charge is 2.23. The number of aromatic nitrogens is 4. The number of hydrogen-bond donors (Lipinski definition) is 6. The van der Waals surface area contributed by atoms with Crippen LogP contribution in [0.15, 0.2) is 121 Å². The lowest BCUT2D eigenvalue weighted by molar-refractivity contribution is -0.144. The zero-order valence-corrected chi connectivity index (χ0v) is 38.8. The number of hydrogen-bond acceptors (Lipinski definition) is 8. The molecule has 6 N–H and O–H groups in total. The van der Waals surface area contributed by atoms with Crippen LogP contribution in [0.1, 0.15) is 63.3 Å². The summed E-state index contributed by atoms with van der Waals surface area (Å²) in [6.07, 6.45) is 7.52. The number of carbonyl (C=O) groups excluding carboxylic acids is 5. The lowest BCUT2D eigenvalue weighted by atomic mass is 10.0. The molecule has 5 heterocycles. The van der Waals surface area contributed by atoms with Gasteiger partial charge in [-0.3, -0.25) is 24.0 Å². The third-order valence-corrected chi connectivity index (χ3v) is 11.6. The van der Waals surface area contributed by atoms with Crippen molar-refractivity contribution in [3.05, 3.63) is 144 Å². The van der Waals surface area contributed by atoms with Crippen LogP contribution in [0.2, 0.25) is 0 Å². The average molecular weight is 929 g/mol. The van der Waals surface area contributed by atoms with Crippen molar-refractivity contribution in [1.82, 2.24) is 19.9 Å². The van der Waals surface area contributed by atoms with Gasteiger partial charge in [0.2, 0.25) is 23.6 Å². The highest BCUT2D eigenvalue weighted by molar-refractivity contribution is 6.07. The van der Waals surface area contributed by atoms with Crippen molar-refractivity contribution in [1.29, 1.82) is 0 Å². The molecule has 348 valence electrons. The number of ether oxygens (including phenoxy) is 1. The Labute approximate surface area is 403 Å². The first kappa shape index (κ1) is 46.0. The molecule has 2 aliphatic heterocycles. The van der Waals surface area contributed by atoms with Gasteiger partial charge in [0, 0.05) is 117 Å². The Bertz CT molecular complexity index is 3450. The molecule has 0 aliphatic carbocycles. The molecular formula is C56H48N8O6. The maximum Gasteiger partial charge on any atom is 0.306 e. The number of nitrogens with zero attached hydrogens (tertiary/aromatic N) is 2. The number of fused-ring (bicyclic) bond motifs is 8. The Morgan fingerprint density at radius 2 is 0.729 bits per heavy atom. The Kier molecular flexibility index (Phi) is 13.1. The fourth-order valence-electron chi connectivity index (χ4n) is 8.81. The minimum absolute atomic E-state index is 0.0810. The van der Waals surface area contributed by atoms with E-state index in [0.29, 0.717) is 112 Å². The number of nitrogens with one attached hydrogen (secondary N) is 6. The maximum absolute atomic E-state index is 13.5. The quantitative estimate of drug-likeness (QED) is 0.0650. The molecular weight excluding hydrogens is 881 g/mol. The van der Waals surface area contributed by atoms with Gasteiger partial charge in [-0.1, -0.05) is 72.8 Å². The summed E-state index contributed by atoms with van der Waals surface area (Å²) >= 11 is 0. The van der Waals surface area contributed by atoms with E-state index in [-0.39, 0.29) is 43.1 Å². The molecule has 0 spiro atoms. The van der Waals surface area contributed by atoms with Crippen LogP contribution >= 0.6 is 0 Å². The summed E-state index contributed by atoms with van der Waals surface area (Å²) in [5, 5.41) is 12.1. The second-order valence-electron chi connectivity index (χ2n) is 16.6. The van der Waals surface area contributed by atoms with Crippen molar-refractivity contribution < 1.29 is 28.7 Å². The minimum atomic E-state index is -0.464. The monoisotopic (exact) mass is 928 g/mol. The first-order valence-corrected chi connectivity index (χ1v) is 22.8. The van der Waals surface area contributed by atoms with Gasteiger partial charge < -0.3 is 36.0 Å². The third-order valence-electron chi connectivity index (χ3n) is 11.6. The molecule has 3 aromatic heterocycles.